The second-order valence-electron chi connectivity index (χ2n) is 6.60. The molecule has 0 bridgehead atoms. The van der Waals surface area contributed by atoms with Crippen LogP contribution in [-0.4, -0.2) is 12.2 Å². The molecule has 0 fully saturated rings. The van der Waals surface area contributed by atoms with E-state index in [1.54, 1.807) is 7.11 Å². The second-order valence-corrected chi connectivity index (χ2v) is 6.60. The van der Waals surface area contributed by atoms with Crippen LogP contribution in [0.5, 0.6) is 11.5 Å². The van der Waals surface area contributed by atoms with E-state index in [-0.39, 0.29) is 0 Å². The molecule has 0 aliphatic heterocycles. The Morgan fingerprint density at radius 1 is 0.857 bits per heavy atom. The first-order valence-corrected chi connectivity index (χ1v) is 9.19. The summed E-state index contributed by atoms with van der Waals surface area (Å²) in [5.74, 6) is 1.32. The standard InChI is InChI=1S/C23H26N2O3/c1-27-21-13-17(14-24)9-12-20(21)28-15-16-7-10-19(11-8-16)23(26)22(25)18-5-3-2-4-6-18/h2-13,22-23,26H,14-15,24-25H2,1H3/t22-,23+/m1/s1. The van der Waals surface area contributed by atoms with Gasteiger partial charge in [0, 0.05) is 6.54 Å². The van der Waals surface area contributed by atoms with E-state index in [1.165, 1.54) is 0 Å². The number of hydrogen-bond donors (Lipinski definition) is 3. The third kappa shape index (κ3) is 4.70. The van der Waals surface area contributed by atoms with Gasteiger partial charge in [-0.1, -0.05) is 60.7 Å². The van der Waals surface area contributed by atoms with E-state index in [1.807, 2.05) is 72.8 Å². The quantitative estimate of drug-likeness (QED) is 0.558. The smallest absolute Gasteiger partial charge is 0.161 e. The first-order chi connectivity index (χ1) is 13.6. The zero-order valence-corrected chi connectivity index (χ0v) is 15.9. The van der Waals surface area contributed by atoms with Crippen LogP contribution in [0.4, 0.5) is 0 Å². The van der Waals surface area contributed by atoms with Gasteiger partial charge >= 0.3 is 0 Å². The number of aliphatic hydroxyl groups is 1. The van der Waals surface area contributed by atoms with Crippen LogP contribution < -0.4 is 20.9 Å². The number of hydrogen-bond acceptors (Lipinski definition) is 5. The minimum absolute atomic E-state index is 0.388. The number of nitrogens with two attached hydrogens (primary N) is 2. The second kappa shape index (κ2) is 9.37. The largest absolute Gasteiger partial charge is 0.493 e. The fraction of sp³-hybridized carbons (Fsp3) is 0.217. The number of aliphatic hydroxyl groups excluding tert-OH is 1. The van der Waals surface area contributed by atoms with Gasteiger partial charge in [-0.25, -0.2) is 0 Å². The van der Waals surface area contributed by atoms with Gasteiger partial charge in [0.2, 0.25) is 0 Å². The Hall–Kier alpha value is -2.86. The first kappa shape index (κ1) is 19.9. The molecule has 5 nitrogen and oxygen atoms in total. The van der Waals surface area contributed by atoms with Gasteiger partial charge in [0.25, 0.3) is 0 Å². The highest BCUT2D eigenvalue weighted by molar-refractivity contribution is 5.43. The predicted octanol–water partition coefficient (Wildman–Crippen LogP) is 3.47. The maximum Gasteiger partial charge on any atom is 0.161 e. The monoisotopic (exact) mass is 378 g/mol. The van der Waals surface area contributed by atoms with Crippen molar-refractivity contribution in [2.45, 2.75) is 25.3 Å². The van der Waals surface area contributed by atoms with E-state index in [9.17, 15) is 5.11 Å². The van der Waals surface area contributed by atoms with Crippen molar-refractivity contribution in [1.29, 1.82) is 0 Å². The lowest BCUT2D eigenvalue weighted by atomic mass is 9.96. The highest BCUT2D eigenvalue weighted by Crippen LogP contribution is 2.30. The van der Waals surface area contributed by atoms with Gasteiger partial charge in [-0.05, 0) is 34.4 Å². The summed E-state index contributed by atoms with van der Waals surface area (Å²) >= 11 is 0. The van der Waals surface area contributed by atoms with E-state index in [0.717, 1.165) is 22.3 Å². The van der Waals surface area contributed by atoms with Crippen molar-refractivity contribution in [3.63, 3.8) is 0 Å². The first-order valence-electron chi connectivity index (χ1n) is 9.19. The lowest BCUT2D eigenvalue weighted by molar-refractivity contribution is 0.147. The maximum absolute atomic E-state index is 10.6. The SMILES string of the molecule is COc1cc(CN)ccc1OCc1ccc([C@H](O)[C@H](N)c2ccccc2)cc1. The van der Waals surface area contributed by atoms with Crippen molar-refractivity contribution < 1.29 is 14.6 Å². The Morgan fingerprint density at radius 2 is 1.54 bits per heavy atom. The molecule has 0 saturated carbocycles. The Balaban J connectivity index is 1.65. The molecule has 5 N–H and O–H groups in total. The van der Waals surface area contributed by atoms with E-state index in [2.05, 4.69) is 0 Å². The van der Waals surface area contributed by atoms with Crippen LogP contribution in [-0.2, 0) is 13.2 Å². The molecular formula is C23H26N2O3. The molecule has 28 heavy (non-hydrogen) atoms. The minimum Gasteiger partial charge on any atom is -0.493 e. The molecule has 0 saturated heterocycles. The number of ether oxygens (including phenoxy) is 2. The third-order valence-electron chi connectivity index (χ3n) is 4.70. The molecule has 3 aromatic rings. The zero-order valence-electron chi connectivity index (χ0n) is 15.9. The molecule has 2 atom stereocenters. The molecule has 0 amide bonds. The van der Waals surface area contributed by atoms with Crippen molar-refractivity contribution in [2.24, 2.45) is 11.5 Å². The van der Waals surface area contributed by atoms with Gasteiger partial charge in [-0.3, -0.25) is 0 Å². The fourth-order valence-electron chi connectivity index (χ4n) is 3.00. The Kier molecular flexibility index (Phi) is 6.66. The highest BCUT2D eigenvalue weighted by atomic mass is 16.5. The molecule has 0 aliphatic carbocycles. The Labute approximate surface area is 165 Å². The van der Waals surface area contributed by atoms with Crippen LogP contribution in [0, 0.1) is 0 Å². The molecule has 0 radical (unpaired) electrons. The molecule has 0 aliphatic rings. The normalized spacial score (nSPS) is 13.0. The van der Waals surface area contributed by atoms with Crippen LogP contribution in [0.25, 0.3) is 0 Å². The summed E-state index contributed by atoms with van der Waals surface area (Å²) in [4.78, 5) is 0. The van der Waals surface area contributed by atoms with Crippen molar-refractivity contribution in [3.8, 4) is 11.5 Å². The summed E-state index contributed by atoms with van der Waals surface area (Å²) in [6.45, 7) is 0.838. The molecule has 0 spiro atoms. The minimum atomic E-state index is -0.777. The summed E-state index contributed by atoms with van der Waals surface area (Å²) in [7, 11) is 1.61. The molecule has 3 aromatic carbocycles. The number of methoxy groups -OCH3 is 1. The van der Waals surface area contributed by atoms with Crippen molar-refractivity contribution in [3.05, 3.63) is 95.1 Å². The predicted molar refractivity (Wildman–Crippen MR) is 110 cm³/mol. The Bertz CT molecular complexity index is 882. The van der Waals surface area contributed by atoms with Crippen LogP contribution in [0.3, 0.4) is 0 Å². The fourth-order valence-corrected chi connectivity index (χ4v) is 3.00. The van der Waals surface area contributed by atoms with Crippen LogP contribution >= 0.6 is 0 Å². The average Bonchev–Trinajstić information content (AvgIpc) is 2.77. The van der Waals surface area contributed by atoms with Crippen LogP contribution in [0.15, 0.2) is 72.8 Å². The molecule has 0 unspecified atom stereocenters. The maximum atomic E-state index is 10.6. The average molecular weight is 378 g/mol. The van der Waals surface area contributed by atoms with E-state index in [0.29, 0.717) is 24.7 Å². The molecular weight excluding hydrogens is 352 g/mol. The van der Waals surface area contributed by atoms with E-state index in [4.69, 9.17) is 20.9 Å². The third-order valence-corrected chi connectivity index (χ3v) is 4.70. The summed E-state index contributed by atoms with van der Waals surface area (Å²) in [6, 6.07) is 22.4. The highest BCUT2D eigenvalue weighted by Gasteiger charge is 2.18. The number of rotatable bonds is 8. The molecule has 0 aromatic heterocycles. The van der Waals surface area contributed by atoms with Crippen molar-refractivity contribution in [2.75, 3.05) is 7.11 Å². The van der Waals surface area contributed by atoms with Crippen LogP contribution in [0.1, 0.15) is 34.4 Å². The molecule has 5 heteroatoms. The van der Waals surface area contributed by atoms with Crippen molar-refractivity contribution in [1.82, 2.24) is 0 Å². The molecule has 0 heterocycles. The van der Waals surface area contributed by atoms with Crippen LogP contribution in [0.2, 0.25) is 0 Å². The van der Waals surface area contributed by atoms with Gasteiger partial charge in [0.1, 0.15) is 6.61 Å². The van der Waals surface area contributed by atoms with Gasteiger partial charge in [-0.2, -0.15) is 0 Å². The lowest BCUT2D eigenvalue weighted by Gasteiger charge is -2.20. The Morgan fingerprint density at radius 3 is 2.18 bits per heavy atom. The summed E-state index contributed by atoms with van der Waals surface area (Å²) in [5.41, 5.74) is 15.5. The van der Waals surface area contributed by atoms with Gasteiger partial charge in [-0.15, -0.1) is 0 Å². The van der Waals surface area contributed by atoms with Crippen molar-refractivity contribution >= 4 is 0 Å². The lowest BCUT2D eigenvalue weighted by Crippen LogP contribution is -2.19. The van der Waals surface area contributed by atoms with Gasteiger partial charge in [0.05, 0.1) is 19.3 Å². The van der Waals surface area contributed by atoms with E-state index >= 15 is 0 Å². The molecule has 146 valence electrons. The van der Waals surface area contributed by atoms with Gasteiger partial charge < -0.3 is 26.0 Å². The van der Waals surface area contributed by atoms with E-state index < -0.39 is 12.1 Å². The summed E-state index contributed by atoms with van der Waals surface area (Å²) < 4.78 is 11.2. The summed E-state index contributed by atoms with van der Waals surface area (Å²) in [6.07, 6.45) is -0.777. The topological polar surface area (TPSA) is 90.7 Å². The molecule has 3 rings (SSSR count). The number of benzene rings is 3. The zero-order chi connectivity index (χ0) is 19.9. The van der Waals surface area contributed by atoms with Gasteiger partial charge in [0.15, 0.2) is 11.5 Å². The summed E-state index contributed by atoms with van der Waals surface area (Å²) in [5, 5.41) is 10.6.